The third-order valence-corrected chi connectivity index (χ3v) is 3.32. The Balaban J connectivity index is 1.82. The van der Waals surface area contributed by atoms with Crippen molar-refractivity contribution in [3.8, 4) is 5.75 Å². The summed E-state index contributed by atoms with van der Waals surface area (Å²) >= 11 is 0. The quantitative estimate of drug-likeness (QED) is 0.308. The number of amides is 2. The molecule has 9 nitrogen and oxygen atoms in total. The van der Waals surface area contributed by atoms with E-state index in [4.69, 9.17) is 0 Å². The van der Waals surface area contributed by atoms with Crippen molar-refractivity contribution in [3.63, 3.8) is 0 Å². The van der Waals surface area contributed by atoms with Crippen LogP contribution in [0.3, 0.4) is 0 Å². The van der Waals surface area contributed by atoms with Gasteiger partial charge in [-0.05, 0) is 24.1 Å². The molecule has 0 radical (unpaired) electrons. The molecule has 0 heterocycles. The van der Waals surface area contributed by atoms with Crippen LogP contribution in [0.15, 0.2) is 53.6 Å². The van der Waals surface area contributed by atoms with Gasteiger partial charge in [-0.25, -0.2) is 5.43 Å². The Labute approximate surface area is 148 Å². The number of phenols is 1. The highest BCUT2D eigenvalue weighted by atomic mass is 16.6. The summed E-state index contributed by atoms with van der Waals surface area (Å²) in [5.74, 6) is -2.27. The third kappa shape index (κ3) is 5.41. The first kappa shape index (κ1) is 18.6. The maximum absolute atomic E-state index is 11.6. The van der Waals surface area contributed by atoms with Crippen molar-refractivity contribution in [2.75, 3.05) is 6.54 Å². The van der Waals surface area contributed by atoms with Crippen LogP contribution >= 0.6 is 0 Å². The minimum absolute atomic E-state index is 0.277. The van der Waals surface area contributed by atoms with Gasteiger partial charge in [0.2, 0.25) is 0 Å². The predicted octanol–water partition coefficient (Wildman–Crippen LogP) is 1.11. The Morgan fingerprint density at radius 1 is 1.15 bits per heavy atom. The van der Waals surface area contributed by atoms with Crippen LogP contribution < -0.4 is 10.7 Å². The number of hydrogen-bond acceptors (Lipinski definition) is 6. The van der Waals surface area contributed by atoms with Crippen molar-refractivity contribution in [2.24, 2.45) is 5.10 Å². The van der Waals surface area contributed by atoms with Crippen molar-refractivity contribution in [3.05, 3.63) is 69.8 Å². The second kappa shape index (κ2) is 8.92. The molecule has 0 fully saturated rings. The Morgan fingerprint density at radius 3 is 2.58 bits per heavy atom. The summed E-state index contributed by atoms with van der Waals surface area (Å²) in [6, 6.07) is 13.1. The first-order valence-electron chi connectivity index (χ1n) is 7.60. The number of nitro groups is 1. The van der Waals surface area contributed by atoms with Crippen LogP contribution in [0.25, 0.3) is 0 Å². The van der Waals surface area contributed by atoms with Crippen LogP contribution in [-0.4, -0.2) is 34.6 Å². The number of hydrogen-bond donors (Lipinski definition) is 3. The van der Waals surface area contributed by atoms with Gasteiger partial charge in [-0.15, -0.1) is 0 Å². The van der Waals surface area contributed by atoms with Crippen molar-refractivity contribution < 1.29 is 19.6 Å². The molecular weight excluding hydrogens is 340 g/mol. The van der Waals surface area contributed by atoms with Gasteiger partial charge >= 0.3 is 17.5 Å². The van der Waals surface area contributed by atoms with Gasteiger partial charge in [0, 0.05) is 18.2 Å². The van der Waals surface area contributed by atoms with Gasteiger partial charge in [-0.3, -0.25) is 19.7 Å². The van der Waals surface area contributed by atoms with Gasteiger partial charge in [-0.2, -0.15) is 5.10 Å². The monoisotopic (exact) mass is 356 g/mol. The maximum Gasteiger partial charge on any atom is 0.329 e. The minimum atomic E-state index is -0.956. The standard InChI is InChI=1S/C17H16N4O5/c22-15-7-6-13(10-14(15)21(25)26)11-19-20-17(24)16(23)18-9-8-12-4-2-1-3-5-12/h1-7,10-11,22H,8-9H2,(H,18,23)(H,20,24)/b19-11-. The summed E-state index contributed by atoms with van der Waals surface area (Å²) < 4.78 is 0. The number of nitro benzene ring substituents is 1. The van der Waals surface area contributed by atoms with Crippen LogP contribution in [0.1, 0.15) is 11.1 Å². The molecule has 0 saturated carbocycles. The van der Waals surface area contributed by atoms with E-state index in [0.717, 1.165) is 23.9 Å². The zero-order chi connectivity index (χ0) is 18.9. The van der Waals surface area contributed by atoms with Gasteiger partial charge in [-0.1, -0.05) is 30.3 Å². The molecule has 0 bridgehead atoms. The summed E-state index contributed by atoms with van der Waals surface area (Å²) in [6.07, 6.45) is 1.71. The second-order valence-corrected chi connectivity index (χ2v) is 5.20. The fourth-order valence-electron chi connectivity index (χ4n) is 2.03. The number of aromatic hydroxyl groups is 1. The number of carbonyl (C=O) groups is 2. The van der Waals surface area contributed by atoms with Crippen molar-refractivity contribution in [2.45, 2.75) is 6.42 Å². The molecule has 2 rings (SSSR count). The molecule has 0 aromatic heterocycles. The van der Waals surface area contributed by atoms with Crippen LogP contribution in [0.5, 0.6) is 5.75 Å². The van der Waals surface area contributed by atoms with Crippen molar-refractivity contribution >= 4 is 23.7 Å². The number of hydrazone groups is 1. The summed E-state index contributed by atoms with van der Waals surface area (Å²) in [6.45, 7) is 0.296. The molecule has 0 saturated heterocycles. The van der Waals surface area contributed by atoms with E-state index in [-0.39, 0.29) is 5.56 Å². The van der Waals surface area contributed by atoms with E-state index in [1.54, 1.807) is 0 Å². The van der Waals surface area contributed by atoms with Crippen LogP contribution in [0.2, 0.25) is 0 Å². The lowest BCUT2D eigenvalue weighted by atomic mass is 10.1. The molecule has 0 aliphatic carbocycles. The SMILES string of the molecule is O=C(NCCc1ccccc1)C(=O)N/N=C\c1ccc(O)c([N+](=O)[O-])c1. The number of nitrogens with one attached hydrogen (secondary N) is 2. The third-order valence-electron chi connectivity index (χ3n) is 3.32. The van der Waals surface area contributed by atoms with Gasteiger partial charge < -0.3 is 10.4 Å². The Kier molecular flexibility index (Phi) is 6.38. The normalized spacial score (nSPS) is 10.5. The lowest BCUT2D eigenvalue weighted by Gasteiger charge is -2.04. The molecule has 0 aliphatic heterocycles. The summed E-state index contributed by atoms with van der Waals surface area (Å²) in [4.78, 5) is 33.2. The topological polar surface area (TPSA) is 134 Å². The van der Waals surface area contributed by atoms with E-state index >= 15 is 0 Å². The van der Waals surface area contributed by atoms with Crippen molar-refractivity contribution in [1.29, 1.82) is 0 Å². The van der Waals surface area contributed by atoms with E-state index < -0.39 is 28.2 Å². The van der Waals surface area contributed by atoms with E-state index in [1.807, 2.05) is 35.8 Å². The van der Waals surface area contributed by atoms with E-state index in [9.17, 15) is 24.8 Å². The predicted molar refractivity (Wildman–Crippen MR) is 93.7 cm³/mol. The number of carbonyl (C=O) groups excluding carboxylic acids is 2. The van der Waals surface area contributed by atoms with Gasteiger partial charge in [0.1, 0.15) is 0 Å². The molecule has 0 aliphatic rings. The number of phenolic OH excluding ortho intramolecular Hbond substituents is 1. The summed E-state index contributed by atoms with van der Waals surface area (Å²) in [5, 5.41) is 26.1. The zero-order valence-electron chi connectivity index (χ0n) is 13.6. The van der Waals surface area contributed by atoms with E-state index in [0.29, 0.717) is 13.0 Å². The molecule has 2 aromatic rings. The molecular formula is C17H16N4O5. The highest BCUT2D eigenvalue weighted by Crippen LogP contribution is 2.25. The average Bonchev–Trinajstić information content (AvgIpc) is 2.63. The Bertz CT molecular complexity index is 836. The largest absolute Gasteiger partial charge is 0.502 e. The molecule has 0 atom stereocenters. The van der Waals surface area contributed by atoms with E-state index in [1.165, 1.54) is 6.07 Å². The minimum Gasteiger partial charge on any atom is -0.502 e. The second-order valence-electron chi connectivity index (χ2n) is 5.20. The number of benzene rings is 2. The lowest BCUT2D eigenvalue weighted by molar-refractivity contribution is -0.385. The van der Waals surface area contributed by atoms with Crippen LogP contribution in [0.4, 0.5) is 5.69 Å². The van der Waals surface area contributed by atoms with E-state index in [2.05, 4.69) is 10.4 Å². The molecule has 134 valence electrons. The first-order chi connectivity index (χ1) is 12.5. The molecule has 26 heavy (non-hydrogen) atoms. The Morgan fingerprint density at radius 2 is 1.88 bits per heavy atom. The van der Waals surface area contributed by atoms with Crippen LogP contribution in [0, 0.1) is 10.1 Å². The highest BCUT2D eigenvalue weighted by Gasteiger charge is 2.13. The molecule has 3 N–H and O–H groups in total. The molecule has 0 unspecified atom stereocenters. The first-order valence-corrected chi connectivity index (χ1v) is 7.60. The van der Waals surface area contributed by atoms with Gasteiger partial charge in [0.05, 0.1) is 11.1 Å². The van der Waals surface area contributed by atoms with Gasteiger partial charge in [0.15, 0.2) is 5.75 Å². The molecule has 2 amide bonds. The maximum atomic E-state index is 11.6. The lowest BCUT2D eigenvalue weighted by Crippen LogP contribution is -2.38. The number of nitrogens with zero attached hydrogens (tertiary/aromatic N) is 2. The fourth-order valence-corrected chi connectivity index (χ4v) is 2.03. The highest BCUT2D eigenvalue weighted by molar-refractivity contribution is 6.35. The van der Waals surface area contributed by atoms with Crippen LogP contribution in [-0.2, 0) is 16.0 Å². The number of rotatable bonds is 6. The van der Waals surface area contributed by atoms with Crippen molar-refractivity contribution in [1.82, 2.24) is 10.7 Å². The zero-order valence-corrected chi connectivity index (χ0v) is 13.6. The fraction of sp³-hybridized carbons (Fsp3) is 0.118. The molecule has 9 heteroatoms. The smallest absolute Gasteiger partial charge is 0.329 e. The summed E-state index contributed by atoms with van der Waals surface area (Å²) in [7, 11) is 0. The molecule has 0 spiro atoms. The summed E-state index contributed by atoms with van der Waals surface area (Å²) in [5.41, 5.74) is 2.85. The van der Waals surface area contributed by atoms with Gasteiger partial charge in [0.25, 0.3) is 0 Å². The average molecular weight is 356 g/mol. The molecule has 2 aromatic carbocycles. The Hall–Kier alpha value is -3.75.